The fraction of sp³-hybridized carbons (Fsp3) is 0.286. The van der Waals surface area contributed by atoms with Crippen LogP contribution < -0.4 is 5.73 Å². The van der Waals surface area contributed by atoms with E-state index in [0.29, 0.717) is 11.3 Å². The summed E-state index contributed by atoms with van der Waals surface area (Å²) in [5.41, 5.74) is 8.75. The zero-order valence-electron chi connectivity index (χ0n) is 11.3. The lowest BCUT2D eigenvalue weighted by Gasteiger charge is -2.06. The summed E-state index contributed by atoms with van der Waals surface area (Å²) in [5, 5.41) is 4.39. The van der Waals surface area contributed by atoms with Crippen LogP contribution in [0.4, 0.5) is 5.69 Å². The van der Waals surface area contributed by atoms with E-state index in [0.717, 1.165) is 26.8 Å². The first-order valence-electron chi connectivity index (χ1n) is 6.22. The van der Waals surface area contributed by atoms with E-state index in [9.17, 15) is 4.79 Å². The van der Waals surface area contributed by atoms with Gasteiger partial charge >= 0.3 is 0 Å². The van der Waals surface area contributed by atoms with Crippen molar-refractivity contribution < 1.29 is 4.79 Å². The molecular weight excluding hydrogens is 386 g/mol. The molecule has 106 valence electrons. The van der Waals surface area contributed by atoms with Gasteiger partial charge in [0, 0.05) is 22.8 Å². The number of benzene rings is 1. The molecule has 0 bridgehead atoms. The zero-order chi connectivity index (χ0) is 14.9. The largest absolute Gasteiger partial charge is 0.398 e. The first-order chi connectivity index (χ1) is 9.43. The Kier molecular flexibility index (Phi) is 4.65. The molecule has 1 aromatic carbocycles. The van der Waals surface area contributed by atoms with Crippen LogP contribution in [0, 0.1) is 0 Å². The number of Topliss-reactive ketones (excluding diaryl/α,β-unsaturated/α-hetero) is 1. The Morgan fingerprint density at radius 1 is 1.40 bits per heavy atom. The molecule has 0 aliphatic heterocycles. The van der Waals surface area contributed by atoms with Gasteiger partial charge < -0.3 is 5.73 Å². The van der Waals surface area contributed by atoms with Crippen LogP contribution in [0.2, 0.25) is 0 Å². The highest BCUT2D eigenvalue weighted by atomic mass is 79.9. The molecule has 2 rings (SSSR count). The number of rotatable bonds is 4. The van der Waals surface area contributed by atoms with E-state index in [-0.39, 0.29) is 12.2 Å². The van der Waals surface area contributed by atoms with E-state index in [4.69, 9.17) is 5.73 Å². The van der Waals surface area contributed by atoms with E-state index >= 15 is 0 Å². The molecule has 0 atom stereocenters. The van der Waals surface area contributed by atoms with Crippen molar-refractivity contribution in [2.24, 2.45) is 7.05 Å². The molecule has 0 radical (unpaired) electrons. The van der Waals surface area contributed by atoms with Gasteiger partial charge in [0.15, 0.2) is 5.78 Å². The summed E-state index contributed by atoms with van der Waals surface area (Å²) < 4.78 is 3.52. The summed E-state index contributed by atoms with van der Waals surface area (Å²) in [6.45, 7) is 2.03. The van der Waals surface area contributed by atoms with Crippen LogP contribution in [-0.4, -0.2) is 15.6 Å². The Balaban J connectivity index is 2.30. The van der Waals surface area contributed by atoms with Crippen LogP contribution in [0.1, 0.15) is 28.7 Å². The molecule has 20 heavy (non-hydrogen) atoms. The van der Waals surface area contributed by atoms with E-state index < -0.39 is 0 Å². The summed E-state index contributed by atoms with van der Waals surface area (Å²) in [6, 6.07) is 5.30. The van der Waals surface area contributed by atoms with E-state index in [1.165, 1.54) is 0 Å². The van der Waals surface area contributed by atoms with Gasteiger partial charge in [0.25, 0.3) is 0 Å². The molecule has 6 heteroatoms. The van der Waals surface area contributed by atoms with Crippen molar-refractivity contribution in [3.05, 3.63) is 44.1 Å². The third-order valence-electron chi connectivity index (χ3n) is 3.14. The Hall–Kier alpha value is -1.14. The number of nitrogens with two attached hydrogens (primary N) is 1. The van der Waals surface area contributed by atoms with Crippen molar-refractivity contribution in [2.75, 3.05) is 5.73 Å². The van der Waals surface area contributed by atoms with Gasteiger partial charge in [-0.15, -0.1) is 0 Å². The Labute approximate surface area is 134 Å². The summed E-state index contributed by atoms with van der Waals surface area (Å²) in [7, 11) is 1.84. The quantitative estimate of drug-likeness (QED) is 0.630. The second-order valence-corrected chi connectivity index (χ2v) is 6.22. The second-order valence-electron chi connectivity index (χ2n) is 4.52. The van der Waals surface area contributed by atoms with Crippen molar-refractivity contribution in [3.8, 4) is 0 Å². The van der Waals surface area contributed by atoms with Crippen molar-refractivity contribution in [3.63, 3.8) is 0 Å². The van der Waals surface area contributed by atoms with Gasteiger partial charge in [0.1, 0.15) is 0 Å². The minimum Gasteiger partial charge on any atom is -0.398 e. The average Bonchev–Trinajstić information content (AvgIpc) is 2.66. The number of aromatic nitrogens is 2. The summed E-state index contributed by atoms with van der Waals surface area (Å²) in [4.78, 5) is 12.4. The van der Waals surface area contributed by atoms with Gasteiger partial charge in [-0.05, 0) is 40.5 Å². The normalized spacial score (nSPS) is 10.8. The molecule has 0 amide bonds. The minimum absolute atomic E-state index is 0.0126. The van der Waals surface area contributed by atoms with E-state index in [2.05, 4.69) is 37.0 Å². The van der Waals surface area contributed by atoms with Crippen LogP contribution in [0.25, 0.3) is 0 Å². The van der Waals surface area contributed by atoms with E-state index in [1.807, 2.05) is 20.0 Å². The molecule has 1 aromatic heterocycles. The lowest BCUT2D eigenvalue weighted by atomic mass is 10.0. The van der Waals surface area contributed by atoms with Gasteiger partial charge in [-0.2, -0.15) is 5.10 Å². The molecule has 2 aromatic rings. The first kappa shape index (κ1) is 15.3. The second kappa shape index (κ2) is 6.10. The predicted octanol–water partition coefficient (Wildman–Crippen LogP) is 3.52. The maximum absolute atomic E-state index is 12.4. The fourth-order valence-corrected chi connectivity index (χ4v) is 3.18. The number of aryl methyl sites for hydroxylation is 2. The summed E-state index contributed by atoms with van der Waals surface area (Å²) in [6.07, 6.45) is 1.10. The first-order valence-corrected chi connectivity index (χ1v) is 7.81. The molecule has 1 heterocycles. The topological polar surface area (TPSA) is 60.9 Å². The molecule has 0 fully saturated rings. The standard InChI is InChI=1S/C14H15Br2N3O/c1-3-11-14(16)12(19(2)18-11)7-13(20)9-5-4-8(15)6-10(9)17/h4-6H,3,7,17H2,1-2H3. The van der Waals surface area contributed by atoms with Crippen LogP contribution in [0.15, 0.2) is 27.1 Å². The van der Waals surface area contributed by atoms with Crippen LogP contribution >= 0.6 is 31.9 Å². The fourth-order valence-electron chi connectivity index (χ4n) is 2.05. The molecule has 0 spiro atoms. The van der Waals surface area contributed by atoms with Gasteiger partial charge in [0.2, 0.25) is 0 Å². The van der Waals surface area contributed by atoms with Crippen LogP contribution in [0.3, 0.4) is 0 Å². The maximum Gasteiger partial charge on any atom is 0.170 e. The number of hydrogen-bond acceptors (Lipinski definition) is 3. The SMILES string of the molecule is CCc1nn(C)c(CC(=O)c2ccc(Br)cc2N)c1Br. The van der Waals surface area contributed by atoms with Crippen LogP contribution in [-0.2, 0) is 19.9 Å². The number of ketones is 1. The average molecular weight is 401 g/mol. The van der Waals surface area contributed by atoms with Crippen molar-refractivity contribution >= 4 is 43.3 Å². The summed E-state index contributed by atoms with van der Waals surface area (Å²) in [5.74, 6) is -0.0126. The third-order valence-corrected chi connectivity index (χ3v) is 4.55. The van der Waals surface area contributed by atoms with Gasteiger partial charge in [-0.1, -0.05) is 22.9 Å². The van der Waals surface area contributed by atoms with E-state index in [1.54, 1.807) is 16.8 Å². The Morgan fingerprint density at radius 2 is 2.10 bits per heavy atom. The number of halogens is 2. The lowest BCUT2D eigenvalue weighted by molar-refractivity contribution is 0.0991. The smallest absolute Gasteiger partial charge is 0.170 e. The molecule has 0 aliphatic rings. The molecular formula is C14H15Br2N3O. The van der Waals surface area contributed by atoms with Crippen molar-refractivity contribution in [1.82, 2.24) is 9.78 Å². The molecule has 0 unspecified atom stereocenters. The third kappa shape index (κ3) is 2.96. The van der Waals surface area contributed by atoms with Gasteiger partial charge in [-0.25, -0.2) is 0 Å². The number of hydrogen-bond donors (Lipinski definition) is 1. The Morgan fingerprint density at radius 3 is 2.65 bits per heavy atom. The molecule has 0 aliphatic carbocycles. The maximum atomic E-state index is 12.4. The monoisotopic (exact) mass is 399 g/mol. The van der Waals surface area contributed by atoms with Crippen LogP contribution in [0.5, 0.6) is 0 Å². The zero-order valence-corrected chi connectivity index (χ0v) is 14.5. The van der Waals surface area contributed by atoms with Gasteiger partial charge in [0.05, 0.1) is 22.3 Å². The van der Waals surface area contributed by atoms with Gasteiger partial charge in [-0.3, -0.25) is 9.48 Å². The highest BCUT2D eigenvalue weighted by molar-refractivity contribution is 9.10. The number of carbonyl (C=O) groups is 1. The summed E-state index contributed by atoms with van der Waals surface area (Å²) >= 11 is 6.85. The van der Waals surface area contributed by atoms with Crippen molar-refractivity contribution in [1.29, 1.82) is 0 Å². The predicted molar refractivity (Wildman–Crippen MR) is 86.9 cm³/mol. The number of anilines is 1. The minimum atomic E-state index is -0.0126. The molecule has 0 saturated heterocycles. The lowest BCUT2D eigenvalue weighted by Crippen LogP contribution is -2.10. The highest BCUT2D eigenvalue weighted by Crippen LogP contribution is 2.25. The molecule has 4 nitrogen and oxygen atoms in total. The van der Waals surface area contributed by atoms with Crippen molar-refractivity contribution in [2.45, 2.75) is 19.8 Å². The number of nitrogens with zero attached hydrogens (tertiary/aromatic N) is 2. The number of carbonyl (C=O) groups excluding carboxylic acids is 1. The molecule has 0 saturated carbocycles. The number of nitrogen functional groups attached to an aromatic ring is 1. The Bertz CT molecular complexity index is 665. The molecule has 2 N–H and O–H groups in total. The highest BCUT2D eigenvalue weighted by Gasteiger charge is 2.18.